The highest BCUT2D eigenvalue weighted by atomic mass is 16.5. The van der Waals surface area contributed by atoms with Crippen molar-refractivity contribution in [3.05, 3.63) is 59.2 Å². The topological polar surface area (TPSA) is 41.5 Å². The van der Waals surface area contributed by atoms with Crippen LogP contribution in [-0.4, -0.2) is 12.2 Å². The van der Waals surface area contributed by atoms with Gasteiger partial charge in [-0.05, 0) is 37.1 Å². The highest BCUT2D eigenvalue weighted by Gasteiger charge is 2.06. The van der Waals surface area contributed by atoms with Crippen molar-refractivity contribution in [3.8, 4) is 11.5 Å². The number of phenolic OH excluding ortho intramolecular Hbond substituents is 1. The predicted molar refractivity (Wildman–Crippen MR) is 81.1 cm³/mol. The number of methoxy groups -OCH3 is 1. The fourth-order valence-corrected chi connectivity index (χ4v) is 2.17. The summed E-state index contributed by atoms with van der Waals surface area (Å²) in [6, 6.07) is 14.2. The quantitative estimate of drug-likeness (QED) is 0.873. The van der Waals surface area contributed by atoms with Crippen molar-refractivity contribution in [1.29, 1.82) is 0 Å². The van der Waals surface area contributed by atoms with Crippen molar-refractivity contribution in [1.82, 2.24) is 5.32 Å². The lowest BCUT2D eigenvalue weighted by molar-refractivity contribution is 0.373. The molecule has 0 saturated carbocycles. The average Bonchev–Trinajstić information content (AvgIpc) is 2.45. The van der Waals surface area contributed by atoms with Crippen molar-refractivity contribution >= 4 is 0 Å². The highest BCUT2D eigenvalue weighted by molar-refractivity contribution is 5.41. The van der Waals surface area contributed by atoms with Crippen molar-refractivity contribution in [2.24, 2.45) is 0 Å². The Balaban J connectivity index is 1.99. The highest BCUT2D eigenvalue weighted by Crippen LogP contribution is 2.26. The van der Waals surface area contributed by atoms with Gasteiger partial charge in [0.2, 0.25) is 0 Å². The van der Waals surface area contributed by atoms with Gasteiger partial charge in [0.15, 0.2) is 11.5 Å². The van der Waals surface area contributed by atoms with E-state index < -0.39 is 0 Å². The van der Waals surface area contributed by atoms with Crippen molar-refractivity contribution < 1.29 is 9.84 Å². The van der Waals surface area contributed by atoms with E-state index in [4.69, 9.17) is 4.74 Å². The zero-order valence-electron chi connectivity index (χ0n) is 12.2. The summed E-state index contributed by atoms with van der Waals surface area (Å²) in [5.74, 6) is 0.676. The second-order valence-corrected chi connectivity index (χ2v) is 5.02. The van der Waals surface area contributed by atoms with Crippen LogP contribution in [0.25, 0.3) is 0 Å². The van der Waals surface area contributed by atoms with E-state index in [1.165, 1.54) is 11.1 Å². The number of hydrogen-bond acceptors (Lipinski definition) is 3. The van der Waals surface area contributed by atoms with Gasteiger partial charge < -0.3 is 15.2 Å². The second-order valence-electron chi connectivity index (χ2n) is 5.02. The molecule has 106 valence electrons. The van der Waals surface area contributed by atoms with Gasteiger partial charge in [0, 0.05) is 12.6 Å². The minimum absolute atomic E-state index is 0.176. The van der Waals surface area contributed by atoms with Crippen LogP contribution in [-0.2, 0) is 6.54 Å². The minimum atomic E-state index is 0.176. The molecule has 0 radical (unpaired) electrons. The lowest BCUT2D eigenvalue weighted by Gasteiger charge is -2.15. The van der Waals surface area contributed by atoms with Crippen LogP contribution < -0.4 is 10.1 Å². The summed E-state index contributed by atoms with van der Waals surface area (Å²) in [4.78, 5) is 0. The molecule has 2 N–H and O–H groups in total. The zero-order valence-corrected chi connectivity index (χ0v) is 12.2. The first-order chi connectivity index (χ1) is 9.60. The first kappa shape index (κ1) is 14.4. The lowest BCUT2D eigenvalue weighted by Crippen LogP contribution is -2.18. The van der Waals surface area contributed by atoms with E-state index in [1.807, 2.05) is 6.07 Å². The maximum atomic E-state index is 9.76. The number of ether oxygens (including phenoxy) is 1. The Morgan fingerprint density at radius 1 is 1.20 bits per heavy atom. The van der Waals surface area contributed by atoms with Crippen molar-refractivity contribution in [2.45, 2.75) is 26.4 Å². The molecule has 0 saturated heterocycles. The normalized spacial score (nSPS) is 12.2. The Bertz CT molecular complexity index is 581. The van der Waals surface area contributed by atoms with E-state index in [0.29, 0.717) is 12.3 Å². The first-order valence-electron chi connectivity index (χ1n) is 6.76. The van der Waals surface area contributed by atoms with Crippen molar-refractivity contribution in [2.75, 3.05) is 7.11 Å². The smallest absolute Gasteiger partial charge is 0.160 e. The molecule has 0 aliphatic carbocycles. The fraction of sp³-hybridized carbons (Fsp3) is 0.294. The molecule has 0 amide bonds. The van der Waals surface area contributed by atoms with Crippen LogP contribution in [0.1, 0.15) is 29.7 Å². The first-order valence-corrected chi connectivity index (χ1v) is 6.76. The van der Waals surface area contributed by atoms with Crippen LogP contribution in [0, 0.1) is 6.92 Å². The van der Waals surface area contributed by atoms with Gasteiger partial charge in [-0.1, -0.05) is 35.9 Å². The molecule has 0 heterocycles. The van der Waals surface area contributed by atoms with Crippen LogP contribution in [0.4, 0.5) is 0 Å². The minimum Gasteiger partial charge on any atom is -0.504 e. The van der Waals surface area contributed by atoms with E-state index in [0.717, 1.165) is 5.56 Å². The Kier molecular flexibility index (Phi) is 4.64. The van der Waals surface area contributed by atoms with Gasteiger partial charge in [-0.3, -0.25) is 0 Å². The molecule has 1 atom stereocenters. The molecule has 20 heavy (non-hydrogen) atoms. The molecule has 0 fully saturated rings. The van der Waals surface area contributed by atoms with Gasteiger partial charge >= 0.3 is 0 Å². The van der Waals surface area contributed by atoms with Gasteiger partial charge in [0.1, 0.15) is 0 Å². The van der Waals surface area contributed by atoms with Crippen molar-refractivity contribution in [3.63, 3.8) is 0 Å². The third kappa shape index (κ3) is 3.52. The summed E-state index contributed by atoms with van der Waals surface area (Å²) in [6.45, 7) is 4.93. The molecular weight excluding hydrogens is 250 g/mol. The number of benzene rings is 2. The second kappa shape index (κ2) is 6.44. The molecule has 0 aliphatic heterocycles. The third-order valence-electron chi connectivity index (χ3n) is 3.40. The maximum absolute atomic E-state index is 9.76. The molecule has 2 aromatic carbocycles. The Morgan fingerprint density at radius 2 is 2.00 bits per heavy atom. The summed E-state index contributed by atoms with van der Waals surface area (Å²) in [5.41, 5.74) is 3.56. The van der Waals surface area contributed by atoms with Crippen LogP contribution in [0.3, 0.4) is 0 Å². The molecule has 0 spiro atoms. The number of nitrogens with one attached hydrogen (secondary N) is 1. The average molecular weight is 271 g/mol. The molecule has 0 unspecified atom stereocenters. The summed E-state index contributed by atoms with van der Waals surface area (Å²) < 4.78 is 5.04. The molecule has 0 bridgehead atoms. The van der Waals surface area contributed by atoms with Crippen LogP contribution in [0.15, 0.2) is 42.5 Å². The molecule has 3 nitrogen and oxygen atoms in total. The van der Waals surface area contributed by atoms with E-state index in [9.17, 15) is 5.11 Å². The molecule has 2 aromatic rings. The SMILES string of the molecule is COc1ccc(CN[C@H](C)c2cccc(C)c2)cc1O. The molecular formula is C17H21NO2. The fourth-order valence-electron chi connectivity index (χ4n) is 2.17. The number of aromatic hydroxyl groups is 1. The Labute approximate surface area is 120 Å². The van der Waals surface area contributed by atoms with Crippen LogP contribution in [0.2, 0.25) is 0 Å². The van der Waals surface area contributed by atoms with Crippen LogP contribution in [0.5, 0.6) is 11.5 Å². The van der Waals surface area contributed by atoms with E-state index >= 15 is 0 Å². The van der Waals surface area contributed by atoms with E-state index in [2.05, 4.69) is 43.4 Å². The summed E-state index contributed by atoms with van der Waals surface area (Å²) >= 11 is 0. The zero-order chi connectivity index (χ0) is 14.5. The standard InChI is InChI=1S/C17H21NO2/c1-12-5-4-6-15(9-12)13(2)18-11-14-7-8-17(20-3)16(19)10-14/h4-10,13,18-19H,11H2,1-3H3/t13-/m1/s1. The lowest BCUT2D eigenvalue weighted by atomic mass is 10.1. The molecule has 2 rings (SSSR count). The van der Waals surface area contributed by atoms with E-state index in [1.54, 1.807) is 19.2 Å². The molecule has 0 aromatic heterocycles. The Hall–Kier alpha value is -2.00. The third-order valence-corrected chi connectivity index (χ3v) is 3.40. The largest absolute Gasteiger partial charge is 0.504 e. The number of hydrogen-bond donors (Lipinski definition) is 2. The molecule has 0 aliphatic rings. The number of phenols is 1. The van der Waals surface area contributed by atoms with Gasteiger partial charge in [-0.15, -0.1) is 0 Å². The molecule has 3 heteroatoms. The van der Waals surface area contributed by atoms with Gasteiger partial charge in [0.25, 0.3) is 0 Å². The predicted octanol–water partition coefficient (Wildman–Crippen LogP) is 3.56. The monoisotopic (exact) mass is 271 g/mol. The van der Waals surface area contributed by atoms with Gasteiger partial charge in [0.05, 0.1) is 7.11 Å². The maximum Gasteiger partial charge on any atom is 0.160 e. The van der Waals surface area contributed by atoms with E-state index in [-0.39, 0.29) is 11.8 Å². The summed E-state index contributed by atoms with van der Waals surface area (Å²) in [6.07, 6.45) is 0. The van der Waals surface area contributed by atoms with Gasteiger partial charge in [-0.25, -0.2) is 0 Å². The number of aryl methyl sites for hydroxylation is 1. The number of rotatable bonds is 5. The Morgan fingerprint density at radius 3 is 2.65 bits per heavy atom. The van der Waals surface area contributed by atoms with Gasteiger partial charge in [-0.2, -0.15) is 0 Å². The summed E-state index contributed by atoms with van der Waals surface area (Å²) in [7, 11) is 1.55. The summed E-state index contributed by atoms with van der Waals surface area (Å²) in [5, 5.41) is 13.2. The van der Waals surface area contributed by atoms with Crippen LogP contribution >= 0.6 is 0 Å².